The summed E-state index contributed by atoms with van der Waals surface area (Å²) < 4.78 is 36.5. The average Bonchev–Trinajstić information content (AvgIpc) is 3.28. The minimum Gasteiger partial charge on any atom is -0.454 e. The molecule has 0 aliphatic carbocycles. The van der Waals surface area contributed by atoms with Gasteiger partial charge in [-0.2, -0.15) is 0 Å². The molecule has 178 valence electrons. The molecule has 2 heterocycles. The Balaban J connectivity index is 1.25. The lowest BCUT2D eigenvalue weighted by Gasteiger charge is -2.28. The van der Waals surface area contributed by atoms with Crippen LogP contribution >= 0.6 is 0 Å². The summed E-state index contributed by atoms with van der Waals surface area (Å²) in [5.74, 6) is 1.01. The third-order valence-corrected chi connectivity index (χ3v) is 7.15. The molecule has 0 aromatic heterocycles. The Kier molecular flexibility index (Phi) is 7.27. The number of carbonyl (C=O) groups excluding carboxylic acids is 1. The lowest BCUT2D eigenvalue weighted by Crippen LogP contribution is -2.32. The Morgan fingerprint density at radius 2 is 1.76 bits per heavy atom. The molecule has 0 unspecified atom stereocenters. The van der Waals surface area contributed by atoms with Crippen LogP contribution in [0.4, 0.5) is 11.4 Å². The van der Waals surface area contributed by atoms with Gasteiger partial charge in [-0.25, -0.2) is 8.42 Å². The number of fused-ring (bicyclic) bond motifs is 1. The van der Waals surface area contributed by atoms with Gasteiger partial charge in [0.1, 0.15) is 0 Å². The van der Waals surface area contributed by atoms with E-state index in [1.165, 1.54) is 29.3 Å². The number of nitrogens with zero attached hydrogens (tertiary/aromatic N) is 2. The number of nitrogens with one attached hydrogen (secondary N) is 1. The number of hydrogen-bond acceptors (Lipinski definition) is 6. The fraction of sp³-hybridized carbons (Fsp3) is 0.458. The zero-order valence-corrected chi connectivity index (χ0v) is 19.8. The number of rotatable bonds is 9. The van der Waals surface area contributed by atoms with Gasteiger partial charge in [0.15, 0.2) is 11.5 Å². The molecule has 0 saturated carbocycles. The van der Waals surface area contributed by atoms with Crippen molar-refractivity contribution in [1.82, 2.24) is 5.32 Å². The molecule has 33 heavy (non-hydrogen) atoms. The first-order chi connectivity index (χ1) is 15.9. The van der Waals surface area contributed by atoms with Gasteiger partial charge in [-0.15, -0.1) is 0 Å². The van der Waals surface area contributed by atoms with Crippen LogP contribution in [0.3, 0.4) is 0 Å². The SMILES string of the molecule is CS(=O)(=O)N(CCCC(=O)NCc1ccc(N2CCCCC2)cc1)c1ccc2c(c1)OCO2. The summed E-state index contributed by atoms with van der Waals surface area (Å²) in [6.07, 6.45) is 5.58. The van der Waals surface area contributed by atoms with Gasteiger partial charge < -0.3 is 19.7 Å². The molecule has 1 saturated heterocycles. The zero-order chi connectivity index (χ0) is 23.3. The van der Waals surface area contributed by atoms with Crippen LogP contribution in [0.5, 0.6) is 11.5 Å². The quantitative estimate of drug-likeness (QED) is 0.601. The third-order valence-electron chi connectivity index (χ3n) is 5.96. The van der Waals surface area contributed by atoms with Crippen LogP contribution in [0.25, 0.3) is 0 Å². The second-order valence-corrected chi connectivity index (χ2v) is 10.4. The monoisotopic (exact) mass is 473 g/mol. The third kappa shape index (κ3) is 6.10. The summed E-state index contributed by atoms with van der Waals surface area (Å²) >= 11 is 0. The highest BCUT2D eigenvalue weighted by Crippen LogP contribution is 2.36. The Hall–Kier alpha value is -2.94. The molecule has 1 fully saturated rings. The molecule has 0 atom stereocenters. The Morgan fingerprint density at radius 1 is 1.03 bits per heavy atom. The van der Waals surface area contributed by atoms with E-state index in [-0.39, 0.29) is 25.7 Å². The highest BCUT2D eigenvalue weighted by molar-refractivity contribution is 7.92. The molecule has 2 aliphatic heterocycles. The number of hydrogen-bond donors (Lipinski definition) is 1. The van der Waals surface area contributed by atoms with Crippen LogP contribution in [0, 0.1) is 0 Å². The van der Waals surface area contributed by atoms with Crippen LogP contribution in [0.1, 0.15) is 37.7 Å². The minimum atomic E-state index is -3.50. The molecular formula is C24H31N3O5S. The number of anilines is 2. The topological polar surface area (TPSA) is 88.2 Å². The zero-order valence-electron chi connectivity index (χ0n) is 19.0. The summed E-state index contributed by atoms with van der Waals surface area (Å²) in [7, 11) is -3.50. The van der Waals surface area contributed by atoms with E-state index in [0.29, 0.717) is 30.2 Å². The molecule has 0 radical (unpaired) electrons. The highest BCUT2D eigenvalue weighted by atomic mass is 32.2. The van der Waals surface area contributed by atoms with Crippen LogP contribution in [-0.2, 0) is 21.4 Å². The molecule has 2 aromatic carbocycles. The van der Waals surface area contributed by atoms with Gasteiger partial charge in [-0.3, -0.25) is 9.10 Å². The van der Waals surface area contributed by atoms with Crippen molar-refractivity contribution >= 4 is 27.3 Å². The van der Waals surface area contributed by atoms with Gasteiger partial charge in [0.25, 0.3) is 0 Å². The highest BCUT2D eigenvalue weighted by Gasteiger charge is 2.21. The Labute approximate surface area is 195 Å². The number of ether oxygens (including phenoxy) is 2. The fourth-order valence-electron chi connectivity index (χ4n) is 4.18. The fourth-order valence-corrected chi connectivity index (χ4v) is 5.13. The molecule has 1 amide bonds. The summed E-state index contributed by atoms with van der Waals surface area (Å²) in [6, 6.07) is 13.4. The number of benzene rings is 2. The van der Waals surface area contributed by atoms with E-state index >= 15 is 0 Å². The van der Waals surface area contributed by atoms with E-state index in [1.54, 1.807) is 18.2 Å². The number of piperidine rings is 1. The molecule has 0 spiro atoms. The summed E-state index contributed by atoms with van der Waals surface area (Å²) in [6.45, 7) is 2.99. The average molecular weight is 474 g/mol. The molecule has 2 aliphatic rings. The maximum absolute atomic E-state index is 12.3. The molecule has 9 heteroatoms. The van der Waals surface area contributed by atoms with E-state index in [0.717, 1.165) is 24.9 Å². The molecule has 2 aromatic rings. The number of carbonyl (C=O) groups is 1. The van der Waals surface area contributed by atoms with Crippen molar-refractivity contribution in [3.8, 4) is 11.5 Å². The van der Waals surface area contributed by atoms with Crippen molar-refractivity contribution in [2.45, 2.75) is 38.6 Å². The normalized spacial score (nSPS) is 15.4. The lowest BCUT2D eigenvalue weighted by atomic mass is 10.1. The van der Waals surface area contributed by atoms with Gasteiger partial charge >= 0.3 is 0 Å². The Morgan fingerprint density at radius 3 is 2.48 bits per heavy atom. The van der Waals surface area contributed by atoms with Crippen molar-refractivity contribution in [1.29, 1.82) is 0 Å². The lowest BCUT2D eigenvalue weighted by molar-refractivity contribution is -0.121. The van der Waals surface area contributed by atoms with E-state index in [4.69, 9.17) is 9.47 Å². The molecule has 1 N–H and O–H groups in total. The molecule has 8 nitrogen and oxygen atoms in total. The van der Waals surface area contributed by atoms with Crippen molar-refractivity contribution in [2.24, 2.45) is 0 Å². The summed E-state index contributed by atoms with van der Waals surface area (Å²) in [4.78, 5) is 14.7. The van der Waals surface area contributed by atoms with Crippen LogP contribution in [-0.4, -0.2) is 47.0 Å². The van der Waals surface area contributed by atoms with E-state index in [1.807, 2.05) is 0 Å². The largest absolute Gasteiger partial charge is 0.454 e. The maximum Gasteiger partial charge on any atom is 0.232 e. The number of amides is 1. The van der Waals surface area contributed by atoms with E-state index in [9.17, 15) is 13.2 Å². The summed E-state index contributed by atoms with van der Waals surface area (Å²) in [5.41, 5.74) is 2.77. The number of sulfonamides is 1. The molecule has 4 rings (SSSR count). The second-order valence-electron chi connectivity index (χ2n) is 8.47. The van der Waals surface area contributed by atoms with E-state index < -0.39 is 10.0 Å². The first-order valence-electron chi connectivity index (χ1n) is 11.4. The second kappa shape index (κ2) is 10.3. The van der Waals surface area contributed by atoms with Crippen molar-refractivity contribution < 1.29 is 22.7 Å². The van der Waals surface area contributed by atoms with Crippen LogP contribution in [0.15, 0.2) is 42.5 Å². The minimum absolute atomic E-state index is 0.103. The van der Waals surface area contributed by atoms with Gasteiger partial charge in [0.2, 0.25) is 22.7 Å². The van der Waals surface area contributed by atoms with E-state index in [2.05, 4.69) is 34.5 Å². The Bertz CT molecular complexity index is 1070. The van der Waals surface area contributed by atoms with Gasteiger partial charge in [-0.05, 0) is 55.5 Å². The van der Waals surface area contributed by atoms with Crippen molar-refractivity contribution in [2.75, 3.05) is 41.9 Å². The summed E-state index contributed by atoms with van der Waals surface area (Å²) in [5, 5.41) is 2.93. The predicted octanol–water partition coefficient (Wildman–Crippen LogP) is 3.27. The first-order valence-corrected chi connectivity index (χ1v) is 13.2. The smallest absolute Gasteiger partial charge is 0.232 e. The molecular weight excluding hydrogens is 442 g/mol. The van der Waals surface area contributed by atoms with Crippen LogP contribution < -0.4 is 24.0 Å². The van der Waals surface area contributed by atoms with Gasteiger partial charge in [0, 0.05) is 44.4 Å². The predicted molar refractivity (Wildman–Crippen MR) is 128 cm³/mol. The maximum atomic E-state index is 12.3. The van der Waals surface area contributed by atoms with Crippen molar-refractivity contribution in [3.05, 3.63) is 48.0 Å². The molecule has 0 bridgehead atoms. The van der Waals surface area contributed by atoms with Gasteiger partial charge in [-0.1, -0.05) is 12.1 Å². The van der Waals surface area contributed by atoms with Crippen LogP contribution in [0.2, 0.25) is 0 Å². The first kappa shape index (κ1) is 23.2. The van der Waals surface area contributed by atoms with Gasteiger partial charge in [0.05, 0.1) is 11.9 Å². The standard InChI is InChI=1S/C24H31N3O5S/c1-33(29,30)27(21-11-12-22-23(16-21)32-18-31-22)15-5-6-24(28)25-17-19-7-9-20(10-8-19)26-13-3-2-4-14-26/h7-12,16H,2-6,13-15,17-18H2,1H3,(H,25,28). The van der Waals surface area contributed by atoms with Crippen molar-refractivity contribution in [3.63, 3.8) is 0 Å².